The number of nitrogens with one attached hydrogen (secondary N) is 1. The zero-order chi connectivity index (χ0) is 15.2. The van der Waals surface area contributed by atoms with Crippen LogP contribution in [0.4, 0.5) is 5.82 Å². The van der Waals surface area contributed by atoms with Gasteiger partial charge in [-0.15, -0.1) is 11.3 Å². The molecule has 0 atom stereocenters. The maximum Gasteiger partial charge on any atom is 0.346 e. The molecule has 0 aromatic carbocycles. The zero-order valence-corrected chi connectivity index (χ0v) is 12.7. The molecule has 0 aliphatic carbocycles. The van der Waals surface area contributed by atoms with Gasteiger partial charge in [-0.25, -0.2) is 14.8 Å². The van der Waals surface area contributed by atoms with E-state index in [1.165, 1.54) is 6.33 Å². The topological polar surface area (TPSA) is 93.6 Å². The van der Waals surface area contributed by atoms with Crippen molar-refractivity contribution in [2.75, 3.05) is 38.8 Å². The Balaban J connectivity index is 2.08. The van der Waals surface area contributed by atoms with E-state index in [-0.39, 0.29) is 0 Å². The number of aromatic nitrogens is 2. The molecule has 2 aromatic heterocycles. The van der Waals surface area contributed by atoms with E-state index in [9.17, 15) is 4.79 Å². The largest absolute Gasteiger partial charge is 0.477 e. The summed E-state index contributed by atoms with van der Waals surface area (Å²) in [5.74, 6) is -0.305. The molecular formula is C13H17N3O4S. The van der Waals surface area contributed by atoms with Gasteiger partial charge in [0.2, 0.25) is 0 Å². The van der Waals surface area contributed by atoms with Gasteiger partial charge < -0.3 is 19.9 Å². The average molecular weight is 311 g/mol. The van der Waals surface area contributed by atoms with Crippen LogP contribution in [0.5, 0.6) is 0 Å². The average Bonchev–Trinajstić information content (AvgIpc) is 2.81. The maximum absolute atomic E-state index is 11.2. The van der Waals surface area contributed by atoms with Gasteiger partial charge in [-0.1, -0.05) is 0 Å². The summed E-state index contributed by atoms with van der Waals surface area (Å²) in [6.07, 6.45) is 1.43. The minimum absolute atomic E-state index is 0.296. The van der Waals surface area contributed by atoms with Gasteiger partial charge in [-0.05, 0) is 12.5 Å². The number of hydrogen-bond donors (Lipinski definition) is 2. The van der Waals surface area contributed by atoms with Gasteiger partial charge in [0.1, 0.15) is 21.9 Å². The summed E-state index contributed by atoms with van der Waals surface area (Å²) >= 11 is 1.16. The van der Waals surface area contributed by atoms with Crippen LogP contribution in [0.15, 0.2) is 6.33 Å². The molecule has 0 saturated carbocycles. The third-order valence-electron chi connectivity index (χ3n) is 2.89. The fourth-order valence-electron chi connectivity index (χ4n) is 1.90. The van der Waals surface area contributed by atoms with Crippen molar-refractivity contribution < 1.29 is 19.4 Å². The molecule has 8 heteroatoms. The van der Waals surface area contributed by atoms with Crippen molar-refractivity contribution in [3.8, 4) is 0 Å². The first-order valence-corrected chi connectivity index (χ1v) is 7.24. The highest BCUT2D eigenvalue weighted by atomic mass is 32.1. The number of ether oxygens (including phenoxy) is 2. The van der Waals surface area contributed by atoms with Crippen LogP contribution in [0.3, 0.4) is 0 Å². The summed E-state index contributed by atoms with van der Waals surface area (Å²) in [5, 5.41) is 13.1. The highest BCUT2D eigenvalue weighted by Crippen LogP contribution is 2.32. The molecule has 0 bridgehead atoms. The molecule has 2 aromatic rings. The number of carboxylic acids is 1. The molecule has 0 radical (unpaired) electrons. The van der Waals surface area contributed by atoms with E-state index in [0.717, 1.165) is 16.7 Å². The van der Waals surface area contributed by atoms with Crippen LogP contribution in [-0.2, 0) is 9.47 Å². The minimum Gasteiger partial charge on any atom is -0.477 e. The van der Waals surface area contributed by atoms with E-state index in [1.807, 2.05) is 0 Å². The van der Waals surface area contributed by atoms with Crippen molar-refractivity contribution in [2.24, 2.45) is 0 Å². The predicted octanol–water partition coefficient (Wildman–Crippen LogP) is 1.77. The van der Waals surface area contributed by atoms with Crippen LogP contribution in [0.2, 0.25) is 0 Å². The molecule has 7 nitrogen and oxygen atoms in total. The normalized spacial score (nSPS) is 11.0. The quantitative estimate of drug-likeness (QED) is 0.718. The molecule has 0 aliphatic heterocycles. The van der Waals surface area contributed by atoms with Gasteiger partial charge >= 0.3 is 5.97 Å². The molecular weight excluding hydrogens is 294 g/mol. The molecule has 0 aliphatic rings. The van der Waals surface area contributed by atoms with E-state index in [4.69, 9.17) is 14.6 Å². The van der Waals surface area contributed by atoms with Crippen LogP contribution < -0.4 is 5.32 Å². The van der Waals surface area contributed by atoms with Gasteiger partial charge in [0, 0.05) is 13.7 Å². The maximum atomic E-state index is 11.2. The Morgan fingerprint density at radius 3 is 2.90 bits per heavy atom. The van der Waals surface area contributed by atoms with Crippen molar-refractivity contribution in [1.82, 2.24) is 9.97 Å². The van der Waals surface area contributed by atoms with Gasteiger partial charge in [0.25, 0.3) is 0 Å². The summed E-state index contributed by atoms with van der Waals surface area (Å²) in [7, 11) is 1.62. The summed E-state index contributed by atoms with van der Waals surface area (Å²) in [6.45, 7) is 3.96. The molecule has 114 valence electrons. The van der Waals surface area contributed by atoms with Gasteiger partial charge in [0.15, 0.2) is 0 Å². The Morgan fingerprint density at radius 1 is 1.38 bits per heavy atom. The molecule has 0 unspecified atom stereocenters. The molecule has 0 fully saturated rings. The molecule has 21 heavy (non-hydrogen) atoms. The van der Waals surface area contributed by atoms with Gasteiger partial charge in [-0.2, -0.15) is 0 Å². The first kappa shape index (κ1) is 15.6. The number of aryl methyl sites for hydroxylation is 1. The lowest BCUT2D eigenvalue weighted by atomic mass is 10.2. The van der Waals surface area contributed by atoms with Crippen LogP contribution in [0.1, 0.15) is 15.2 Å². The van der Waals surface area contributed by atoms with Crippen LogP contribution >= 0.6 is 11.3 Å². The zero-order valence-electron chi connectivity index (χ0n) is 11.9. The number of anilines is 1. The van der Waals surface area contributed by atoms with E-state index in [1.54, 1.807) is 14.0 Å². The van der Waals surface area contributed by atoms with Crippen LogP contribution in [-0.4, -0.2) is 54.5 Å². The molecule has 0 saturated heterocycles. The number of rotatable bonds is 8. The molecule has 0 spiro atoms. The standard InChI is InChI=1S/C13H17N3O4S/c1-8-9-11(14-3-4-20-6-5-19-2)15-7-16-12(9)21-10(8)13(17)18/h7H,3-6H2,1-2H3,(H,17,18)(H,14,15,16). The number of hydrogen-bond acceptors (Lipinski definition) is 7. The second kappa shape index (κ2) is 7.30. The van der Waals surface area contributed by atoms with Crippen molar-refractivity contribution in [3.63, 3.8) is 0 Å². The predicted molar refractivity (Wildman–Crippen MR) is 80.3 cm³/mol. The summed E-state index contributed by atoms with van der Waals surface area (Å²) in [4.78, 5) is 20.5. The van der Waals surface area contributed by atoms with Crippen LogP contribution in [0, 0.1) is 6.92 Å². The number of fused-ring (bicyclic) bond motifs is 1. The summed E-state index contributed by atoms with van der Waals surface area (Å²) < 4.78 is 10.2. The number of carbonyl (C=O) groups is 1. The minimum atomic E-state index is -0.940. The third kappa shape index (κ3) is 3.66. The highest BCUT2D eigenvalue weighted by molar-refractivity contribution is 7.20. The number of methoxy groups -OCH3 is 1. The van der Waals surface area contributed by atoms with Gasteiger partial charge in [-0.3, -0.25) is 0 Å². The number of thiophene rings is 1. The Bertz CT molecular complexity index is 629. The fourth-order valence-corrected chi connectivity index (χ4v) is 2.88. The van der Waals surface area contributed by atoms with E-state index in [2.05, 4.69) is 15.3 Å². The lowest BCUT2D eigenvalue weighted by Crippen LogP contribution is -2.13. The van der Waals surface area contributed by atoms with Gasteiger partial charge in [0.05, 0.1) is 25.2 Å². The Hall–Kier alpha value is -1.77. The number of nitrogens with zero attached hydrogens (tertiary/aromatic N) is 2. The lowest BCUT2D eigenvalue weighted by Gasteiger charge is -2.07. The molecule has 2 N–H and O–H groups in total. The lowest BCUT2D eigenvalue weighted by molar-refractivity contribution is 0.0701. The van der Waals surface area contributed by atoms with Crippen molar-refractivity contribution in [2.45, 2.75) is 6.92 Å². The third-order valence-corrected chi connectivity index (χ3v) is 4.08. The number of carboxylic acid groups (broad SMARTS) is 1. The molecule has 2 heterocycles. The molecule has 2 rings (SSSR count). The summed E-state index contributed by atoms with van der Waals surface area (Å²) in [6, 6.07) is 0. The summed E-state index contributed by atoms with van der Waals surface area (Å²) in [5.41, 5.74) is 0.686. The second-order valence-corrected chi connectivity index (χ2v) is 5.29. The highest BCUT2D eigenvalue weighted by Gasteiger charge is 2.18. The van der Waals surface area contributed by atoms with Crippen LogP contribution in [0.25, 0.3) is 10.2 Å². The Labute approximate surface area is 125 Å². The van der Waals surface area contributed by atoms with E-state index >= 15 is 0 Å². The second-order valence-electron chi connectivity index (χ2n) is 4.30. The Kier molecular flexibility index (Phi) is 5.43. The van der Waals surface area contributed by atoms with Crippen molar-refractivity contribution in [3.05, 3.63) is 16.8 Å². The fraction of sp³-hybridized carbons (Fsp3) is 0.462. The Morgan fingerprint density at radius 2 is 2.19 bits per heavy atom. The smallest absolute Gasteiger partial charge is 0.346 e. The first-order chi connectivity index (χ1) is 10.1. The van der Waals surface area contributed by atoms with E-state index < -0.39 is 5.97 Å². The number of aromatic carboxylic acids is 1. The molecule has 0 amide bonds. The monoisotopic (exact) mass is 311 g/mol. The SMILES string of the molecule is COCCOCCNc1ncnc2sc(C(=O)O)c(C)c12. The first-order valence-electron chi connectivity index (χ1n) is 6.43. The van der Waals surface area contributed by atoms with Crippen molar-refractivity contribution >= 4 is 33.3 Å². The van der Waals surface area contributed by atoms with E-state index in [0.29, 0.717) is 47.5 Å². The van der Waals surface area contributed by atoms with Crippen molar-refractivity contribution in [1.29, 1.82) is 0 Å².